The Bertz CT molecular complexity index is 473. The minimum Gasteiger partial charge on any atom is -0.492 e. The molecule has 0 aliphatic rings. The summed E-state index contributed by atoms with van der Waals surface area (Å²) in [6.07, 6.45) is 4.69. The Hall–Kier alpha value is -1.39. The molecular formula is C15H17BrN2O. The summed E-state index contributed by atoms with van der Waals surface area (Å²) in [5.41, 5.74) is 1.25. The fourth-order valence-electron chi connectivity index (χ4n) is 1.68. The molecule has 0 saturated heterocycles. The van der Waals surface area contributed by atoms with Crippen molar-refractivity contribution in [3.8, 4) is 5.75 Å². The second kappa shape index (κ2) is 7.92. The predicted octanol–water partition coefficient (Wildman–Crippen LogP) is 3.06. The van der Waals surface area contributed by atoms with E-state index in [0.717, 1.165) is 29.7 Å². The quantitative estimate of drug-likeness (QED) is 0.796. The van der Waals surface area contributed by atoms with Crippen molar-refractivity contribution in [3.05, 3.63) is 58.8 Å². The predicted molar refractivity (Wildman–Crippen MR) is 80.4 cm³/mol. The number of ether oxygens (including phenoxy) is 1. The highest BCUT2D eigenvalue weighted by Gasteiger charge is 1.94. The molecule has 0 aliphatic carbocycles. The van der Waals surface area contributed by atoms with Crippen LogP contribution >= 0.6 is 15.9 Å². The lowest BCUT2D eigenvalue weighted by atomic mass is 10.2. The molecule has 1 heterocycles. The van der Waals surface area contributed by atoms with Crippen molar-refractivity contribution < 1.29 is 4.74 Å². The van der Waals surface area contributed by atoms with Gasteiger partial charge in [-0.05, 0) is 48.9 Å². The standard InChI is InChI=1S/C15H17BrN2O/c16-14-3-5-15(6-4-14)19-11-10-17-9-7-13-2-1-8-18-12-13/h1-6,8,12,17H,7,9-11H2. The van der Waals surface area contributed by atoms with E-state index in [9.17, 15) is 0 Å². The zero-order chi connectivity index (χ0) is 13.3. The van der Waals surface area contributed by atoms with Gasteiger partial charge in [-0.2, -0.15) is 0 Å². The fraction of sp³-hybridized carbons (Fsp3) is 0.267. The van der Waals surface area contributed by atoms with Crippen LogP contribution in [0, 0.1) is 0 Å². The Balaban J connectivity index is 1.56. The first-order valence-electron chi connectivity index (χ1n) is 6.32. The van der Waals surface area contributed by atoms with Crippen molar-refractivity contribution in [3.63, 3.8) is 0 Å². The van der Waals surface area contributed by atoms with Crippen LogP contribution in [0.25, 0.3) is 0 Å². The number of halogens is 1. The van der Waals surface area contributed by atoms with Gasteiger partial charge in [0.1, 0.15) is 12.4 Å². The largest absolute Gasteiger partial charge is 0.492 e. The monoisotopic (exact) mass is 320 g/mol. The van der Waals surface area contributed by atoms with E-state index in [0.29, 0.717) is 6.61 Å². The van der Waals surface area contributed by atoms with Crippen LogP contribution in [0.15, 0.2) is 53.3 Å². The molecule has 1 N–H and O–H groups in total. The Labute approximate surface area is 122 Å². The summed E-state index contributed by atoms with van der Waals surface area (Å²) in [7, 11) is 0. The number of nitrogens with zero attached hydrogens (tertiary/aromatic N) is 1. The van der Waals surface area contributed by atoms with Gasteiger partial charge in [-0.25, -0.2) is 0 Å². The van der Waals surface area contributed by atoms with Crippen LogP contribution < -0.4 is 10.1 Å². The average molecular weight is 321 g/mol. The first-order chi connectivity index (χ1) is 9.34. The van der Waals surface area contributed by atoms with Crippen molar-refractivity contribution in [2.75, 3.05) is 19.7 Å². The van der Waals surface area contributed by atoms with Crippen molar-refractivity contribution in [1.29, 1.82) is 0 Å². The molecule has 0 fully saturated rings. The maximum absolute atomic E-state index is 5.62. The molecule has 0 radical (unpaired) electrons. The van der Waals surface area contributed by atoms with Crippen molar-refractivity contribution in [1.82, 2.24) is 10.3 Å². The minimum atomic E-state index is 0.675. The van der Waals surface area contributed by atoms with E-state index >= 15 is 0 Å². The van der Waals surface area contributed by atoms with Crippen molar-refractivity contribution in [2.45, 2.75) is 6.42 Å². The molecule has 3 nitrogen and oxygen atoms in total. The van der Waals surface area contributed by atoms with Crippen LogP contribution in [0.3, 0.4) is 0 Å². The Kier molecular flexibility index (Phi) is 5.85. The smallest absolute Gasteiger partial charge is 0.119 e. The van der Waals surface area contributed by atoms with E-state index in [1.54, 1.807) is 6.20 Å². The van der Waals surface area contributed by atoms with Crippen LogP contribution in [-0.4, -0.2) is 24.7 Å². The molecule has 2 aromatic rings. The number of aromatic nitrogens is 1. The van der Waals surface area contributed by atoms with Crippen molar-refractivity contribution in [2.24, 2.45) is 0 Å². The molecule has 2 rings (SSSR count). The number of pyridine rings is 1. The van der Waals surface area contributed by atoms with Gasteiger partial charge < -0.3 is 10.1 Å². The van der Waals surface area contributed by atoms with Gasteiger partial charge in [0.15, 0.2) is 0 Å². The molecule has 0 unspecified atom stereocenters. The number of hydrogen-bond acceptors (Lipinski definition) is 3. The maximum atomic E-state index is 5.62. The molecule has 0 amide bonds. The normalized spacial score (nSPS) is 10.4. The summed E-state index contributed by atoms with van der Waals surface area (Å²) in [6.45, 7) is 2.46. The summed E-state index contributed by atoms with van der Waals surface area (Å²) in [4.78, 5) is 4.09. The van der Waals surface area contributed by atoms with Gasteiger partial charge in [0.05, 0.1) is 0 Å². The van der Waals surface area contributed by atoms with Gasteiger partial charge in [-0.1, -0.05) is 22.0 Å². The Morgan fingerprint density at radius 2 is 1.95 bits per heavy atom. The van der Waals surface area contributed by atoms with Crippen molar-refractivity contribution >= 4 is 15.9 Å². The highest BCUT2D eigenvalue weighted by atomic mass is 79.9. The fourth-order valence-corrected chi connectivity index (χ4v) is 1.94. The van der Waals surface area contributed by atoms with Gasteiger partial charge in [-0.15, -0.1) is 0 Å². The molecule has 0 atom stereocenters. The summed E-state index contributed by atoms with van der Waals surface area (Å²) in [5, 5.41) is 3.35. The van der Waals surface area contributed by atoms with Crippen LogP contribution in [0.1, 0.15) is 5.56 Å². The molecule has 1 aromatic heterocycles. The Morgan fingerprint density at radius 3 is 2.68 bits per heavy atom. The first-order valence-corrected chi connectivity index (χ1v) is 7.12. The van der Waals surface area contributed by atoms with E-state index in [1.807, 2.05) is 36.5 Å². The minimum absolute atomic E-state index is 0.675. The van der Waals surface area contributed by atoms with E-state index < -0.39 is 0 Å². The number of nitrogens with one attached hydrogen (secondary N) is 1. The van der Waals surface area contributed by atoms with Gasteiger partial charge >= 0.3 is 0 Å². The second-order valence-corrected chi connectivity index (χ2v) is 5.08. The zero-order valence-corrected chi connectivity index (χ0v) is 12.3. The second-order valence-electron chi connectivity index (χ2n) is 4.16. The first kappa shape index (κ1) is 14.0. The molecule has 19 heavy (non-hydrogen) atoms. The van der Waals surface area contributed by atoms with E-state index in [1.165, 1.54) is 5.56 Å². The molecule has 4 heteroatoms. The van der Waals surface area contributed by atoms with Gasteiger partial charge in [0.25, 0.3) is 0 Å². The number of benzene rings is 1. The SMILES string of the molecule is Brc1ccc(OCCNCCc2cccnc2)cc1. The molecule has 0 aliphatic heterocycles. The van der Waals surface area contributed by atoms with Crippen LogP contribution in [0.4, 0.5) is 0 Å². The lowest BCUT2D eigenvalue weighted by Gasteiger charge is -2.07. The molecule has 0 spiro atoms. The topological polar surface area (TPSA) is 34.1 Å². The molecular weight excluding hydrogens is 304 g/mol. The van der Waals surface area contributed by atoms with E-state index in [4.69, 9.17) is 4.74 Å². The van der Waals surface area contributed by atoms with Gasteiger partial charge in [0.2, 0.25) is 0 Å². The van der Waals surface area contributed by atoms with Gasteiger partial charge in [0, 0.05) is 23.4 Å². The van der Waals surface area contributed by atoms with Crippen LogP contribution in [0.5, 0.6) is 5.75 Å². The third kappa shape index (κ3) is 5.41. The number of rotatable bonds is 7. The lowest BCUT2D eigenvalue weighted by Crippen LogP contribution is -2.23. The summed E-state index contributed by atoms with van der Waals surface area (Å²) < 4.78 is 6.68. The van der Waals surface area contributed by atoms with E-state index in [-0.39, 0.29) is 0 Å². The third-order valence-electron chi connectivity index (χ3n) is 2.67. The molecule has 100 valence electrons. The Morgan fingerprint density at radius 1 is 1.11 bits per heavy atom. The molecule has 1 aromatic carbocycles. The van der Waals surface area contributed by atoms with Crippen LogP contribution in [0.2, 0.25) is 0 Å². The summed E-state index contributed by atoms with van der Waals surface area (Å²) in [5.74, 6) is 0.900. The zero-order valence-electron chi connectivity index (χ0n) is 10.7. The number of hydrogen-bond donors (Lipinski definition) is 1. The summed E-state index contributed by atoms with van der Waals surface area (Å²) >= 11 is 3.40. The maximum Gasteiger partial charge on any atom is 0.119 e. The highest BCUT2D eigenvalue weighted by Crippen LogP contribution is 2.15. The summed E-state index contributed by atoms with van der Waals surface area (Å²) in [6, 6.07) is 11.9. The van der Waals surface area contributed by atoms with Gasteiger partial charge in [-0.3, -0.25) is 4.98 Å². The highest BCUT2D eigenvalue weighted by molar-refractivity contribution is 9.10. The third-order valence-corrected chi connectivity index (χ3v) is 3.20. The molecule has 0 saturated carbocycles. The van der Waals surface area contributed by atoms with Crippen LogP contribution in [-0.2, 0) is 6.42 Å². The lowest BCUT2D eigenvalue weighted by molar-refractivity contribution is 0.314. The molecule has 0 bridgehead atoms. The average Bonchev–Trinajstić information content (AvgIpc) is 2.46. The van der Waals surface area contributed by atoms with E-state index in [2.05, 4.69) is 32.3 Å².